The Bertz CT molecular complexity index is 418. The van der Waals surface area contributed by atoms with Gasteiger partial charge in [-0.05, 0) is 24.3 Å². The van der Waals surface area contributed by atoms with Gasteiger partial charge in [-0.15, -0.1) is 0 Å². The first-order valence-corrected chi connectivity index (χ1v) is 6.74. The number of anilines is 1. The summed E-state index contributed by atoms with van der Waals surface area (Å²) in [6.07, 6.45) is -0.364. The molecule has 1 aromatic rings. The maximum Gasteiger partial charge on any atom is 0.123 e. The molecular formula is C14H19FN2O2. The first-order chi connectivity index (χ1) is 9.24. The number of hydrogen-bond donors (Lipinski definition) is 1. The molecule has 5 heteroatoms. The number of nitrogens with zero attached hydrogens (tertiary/aromatic N) is 2. The molecule has 2 heterocycles. The van der Waals surface area contributed by atoms with E-state index >= 15 is 0 Å². The van der Waals surface area contributed by atoms with Crippen molar-refractivity contribution in [3.63, 3.8) is 0 Å². The van der Waals surface area contributed by atoms with E-state index in [1.807, 2.05) is 12.1 Å². The largest absolute Gasteiger partial charge is 0.389 e. The van der Waals surface area contributed by atoms with Crippen LogP contribution in [0.5, 0.6) is 0 Å². The van der Waals surface area contributed by atoms with Crippen molar-refractivity contribution < 1.29 is 14.2 Å². The number of piperazine rings is 1. The smallest absolute Gasteiger partial charge is 0.123 e. The number of ether oxygens (including phenoxy) is 1. The lowest BCUT2D eigenvalue weighted by atomic mass is 10.1. The highest BCUT2D eigenvalue weighted by molar-refractivity contribution is 5.46. The number of hydrogen-bond acceptors (Lipinski definition) is 4. The van der Waals surface area contributed by atoms with E-state index in [9.17, 15) is 9.50 Å². The van der Waals surface area contributed by atoms with Crippen molar-refractivity contribution >= 4 is 5.69 Å². The Morgan fingerprint density at radius 2 is 1.74 bits per heavy atom. The van der Waals surface area contributed by atoms with Gasteiger partial charge in [-0.3, -0.25) is 4.90 Å². The number of aliphatic hydroxyl groups excluding tert-OH is 1. The van der Waals surface area contributed by atoms with E-state index in [-0.39, 0.29) is 18.0 Å². The fourth-order valence-electron chi connectivity index (χ4n) is 2.84. The Balaban J connectivity index is 1.58. The Morgan fingerprint density at radius 3 is 2.32 bits per heavy atom. The quantitative estimate of drug-likeness (QED) is 0.855. The molecule has 4 nitrogen and oxygen atoms in total. The van der Waals surface area contributed by atoms with Crippen LogP contribution in [0.25, 0.3) is 0 Å². The second-order valence-corrected chi connectivity index (χ2v) is 5.17. The summed E-state index contributed by atoms with van der Waals surface area (Å²) in [5, 5.41) is 9.83. The number of benzene rings is 1. The van der Waals surface area contributed by atoms with Crippen LogP contribution in [-0.2, 0) is 4.74 Å². The molecule has 0 radical (unpaired) electrons. The van der Waals surface area contributed by atoms with Crippen molar-refractivity contribution in [2.24, 2.45) is 0 Å². The minimum Gasteiger partial charge on any atom is -0.389 e. The molecule has 0 spiro atoms. The molecule has 2 aliphatic heterocycles. The predicted octanol–water partition coefficient (Wildman–Crippen LogP) is 0.707. The van der Waals surface area contributed by atoms with Gasteiger partial charge in [0.2, 0.25) is 0 Å². The second kappa shape index (κ2) is 5.45. The summed E-state index contributed by atoms with van der Waals surface area (Å²) in [6, 6.07) is 6.76. The van der Waals surface area contributed by atoms with E-state index in [2.05, 4.69) is 9.80 Å². The van der Waals surface area contributed by atoms with E-state index in [1.165, 1.54) is 12.1 Å². The third-order valence-electron chi connectivity index (χ3n) is 4.00. The average molecular weight is 266 g/mol. The molecular weight excluding hydrogens is 247 g/mol. The number of rotatable bonds is 2. The van der Waals surface area contributed by atoms with Gasteiger partial charge in [0.1, 0.15) is 5.82 Å². The molecule has 0 aromatic heterocycles. The zero-order chi connectivity index (χ0) is 13.2. The molecule has 2 saturated heterocycles. The van der Waals surface area contributed by atoms with Crippen molar-refractivity contribution in [3.8, 4) is 0 Å². The summed E-state index contributed by atoms with van der Waals surface area (Å²) in [4.78, 5) is 4.54. The van der Waals surface area contributed by atoms with Crippen LogP contribution >= 0.6 is 0 Å². The first-order valence-electron chi connectivity index (χ1n) is 6.74. The molecule has 0 bridgehead atoms. The van der Waals surface area contributed by atoms with Gasteiger partial charge in [-0.1, -0.05) is 0 Å². The first kappa shape index (κ1) is 12.8. The zero-order valence-electron chi connectivity index (χ0n) is 10.8. The van der Waals surface area contributed by atoms with Gasteiger partial charge in [0.15, 0.2) is 0 Å². The van der Waals surface area contributed by atoms with Gasteiger partial charge in [0.05, 0.1) is 25.4 Å². The topological polar surface area (TPSA) is 35.9 Å². The summed E-state index contributed by atoms with van der Waals surface area (Å²) in [6.45, 7) is 4.68. The summed E-state index contributed by atoms with van der Waals surface area (Å²) >= 11 is 0. The summed E-state index contributed by atoms with van der Waals surface area (Å²) in [7, 11) is 0. The third kappa shape index (κ3) is 2.73. The van der Waals surface area contributed by atoms with Gasteiger partial charge in [0, 0.05) is 31.9 Å². The predicted molar refractivity (Wildman–Crippen MR) is 70.8 cm³/mol. The molecule has 104 valence electrons. The molecule has 19 heavy (non-hydrogen) atoms. The fraction of sp³-hybridized carbons (Fsp3) is 0.571. The zero-order valence-corrected chi connectivity index (χ0v) is 10.8. The number of aliphatic hydroxyl groups is 1. The Morgan fingerprint density at radius 1 is 1.05 bits per heavy atom. The van der Waals surface area contributed by atoms with Crippen molar-refractivity contribution in [3.05, 3.63) is 30.1 Å². The minimum atomic E-state index is -0.364. The second-order valence-electron chi connectivity index (χ2n) is 5.17. The lowest BCUT2D eigenvalue weighted by Gasteiger charge is -2.39. The van der Waals surface area contributed by atoms with Crippen LogP contribution in [0.3, 0.4) is 0 Å². The molecule has 0 amide bonds. The molecule has 1 N–H and O–H groups in total. The van der Waals surface area contributed by atoms with Crippen LogP contribution in [0.4, 0.5) is 10.1 Å². The molecule has 1 aromatic carbocycles. The summed E-state index contributed by atoms with van der Waals surface area (Å²) < 4.78 is 18.2. The van der Waals surface area contributed by atoms with Gasteiger partial charge >= 0.3 is 0 Å². The summed E-state index contributed by atoms with van der Waals surface area (Å²) in [5.41, 5.74) is 1.06. The summed E-state index contributed by atoms with van der Waals surface area (Å²) in [5.74, 6) is -0.200. The van der Waals surface area contributed by atoms with Gasteiger partial charge in [-0.25, -0.2) is 4.39 Å². The monoisotopic (exact) mass is 266 g/mol. The van der Waals surface area contributed by atoms with E-state index in [4.69, 9.17) is 4.74 Å². The minimum absolute atomic E-state index is 0.135. The SMILES string of the molecule is O[C@@H]1COC[C@@H]1N1CCN(c2ccc(F)cc2)CC1. The van der Waals surface area contributed by atoms with Crippen LogP contribution in [0.15, 0.2) is 24.3 Å². The highest BCUT2D eigenvalue weighted by atomic mass is 19.1. The highest BCUT2D eigenvalue weighted by Crippen LogP contribution is 2.20. The Kier molecular flexibility index (Phi) is 3.68. The number of halogens is 1. The molecule has 0 unspecified atom stereocenters. The normalized spacial score (nSPS) is 28.8. The van der Waals surface area contributed by atoms with Crippen molar-refractivity contribution in [1.82, 2.24) is 4.90 Å². The van der Waals surface area contributed by atoms with E-state index < -0.39 is 0 Å². The van der Waals surface area contributed by atoms with E-state index in [0.717, 1.165) is 31.9 Å². The van der Waals surface area contributed by atoms with E-state index in [1.54, 1.807) is 0 Å². The van der Waals surface area contributed by atoms with Crippen LogP contribution < -0.4 is 4.90 Å². The Hall–Kier alpha value is -1.17. The van der Waals surface area contributed by atoms with Crippen LogP contribution in [-0.4, -0.2) is 61.5 Å². The van der Waals surface area contributed by atoms with Crippen LogP contribution in [0, 0.1) is 5.82 Å². The van der Waals surface area contributed by atoms with Crippen LogP contribution in [0.2, 0.25) is 0 Å². The average Bonchev–Trinajstić information content (AvgIpc) is 2.86. The molecule has 3 rings (SSSR count). The molecule has 2 aliphatic rings. The van der Waals surface area contributed by atoms with Gasteiger partial charge in [-0.2, -0.15) is 0 Å². The Labute approximate surface area is 112 Å². The molecule has 2 atom stereocenters. The highest BCUT2D eigenvalue weighted by Gasteiger charge is 2.33. The molecule has 2 fully saturated rings. The van der Waals surface area contributed by atoms with Gasteiger partial charge in [0.25, 0.3) is 0 Å². The lowest BCUT2D eigenvalue weighted by molar-refractivity contribution is 0.0785. The lowest BCUT2D eigenvalue weighted by Crippen LogP contribution is -2.53. The van der Waals surface area contributed by atoms with Crippen molar-refractivity contribution in [1.29, 1.82) is 0 Å². The van der Waals surface area contributed by atoms with Gasteiger partial charge < -0.3 is 14.7 Å². The maximum atomic E-state index is 12.9. The third-order valence-corrected chi connectivity index (χ3v) is 4.00. The standard InChI is InChI=1S/C14H19FN2O2/c15-11-1-3-12(4-2-11)16-5-7-17(8-6-16)13-9-19-10-14(13)18/h1-4,13-14,18H,5-10H2/t13-,14+/m0/s1. The maximum absolute atomic E-state index is 12.9. The fourth-order valence-corrected chi connectivity index (χ4v) is 2.84. The van der Waals surface area contributed by atoms with Crippen molar-refractivity contribution in [2.75, 3.05) is 44.3 Å². The van der Waals surface area contributed by atoms with E-state index in [0.29, 0.717) is 13.2 Å². The van der Waals surface area contributed by atoms with Crippen molar-refractivity contribution in [2.45, 2.75) is 12.1 Å². The molecule has 0 saturated carbocycles. The van der Waals surface area contributed by atoms with Crippen LogP contribution in [0.1, 0.15) is 0 Å². The molecule has 0 aliphatic carbocycles.